The Kier molecular flexibility index (Phi) is 4.34. The molecule has 0 atom stereocenters. The number of nitrogens with one attached hydrogen (secondary N) is 1. The van der Waals surface area contributed by atoms with E-state index in [9.17, 15) is 0 Å². The van der Waals surface area contributed by atoms with Gasteiger partial charge >= 0.3 is 0 Å². The molecular weight excluding hydrogens is 326 g/mol. The van der Waals surface area contributed by atoms with Gasteiger partial charge in [0.15, 0.2) is 0 Å². The number of nitrogens with zero attached hydrogens (tertiary/aromatic N) is 2. The zero-order chi connectivity index (χ0) is 14.8. The van der Waals surface area contributed by atoms with E-state index in [1.165, 1.54) is 36.8 Å². The Labute approximate surface area is 134 Å². The van der Waals surface area contributed by atoms with E-state index >= 15 is 0 Å². The number of hydrogen-bond acceptors (Lipinski definition) is 2. The Hall–Kier alpha value is -1.29. The lowest BCUT2D eigenvalue weighted by molar-refractivity contribution is 0.463. The Balaban J connectivity index is 1.68. The number of benzene rings is 1. The van der Waals surface area contributed by atoms with Gasteiger partial charge in [0.2, 0.25) is 0 Å². The summed E-state index contributed by atoms with van der Waals surface area (Å²) >= 11 is 3.64. The average molecular weight is 348 g/mol. The first-order chi connectivity index (χ1) is 10.1. The Morgan fingerprint density at radius 1 is 1.29 bits per heavy atom. The molecule has 1 aliphatic rings. The quantitative estimate of drug-likeness (QED) is 0.844. The zero-order valence-corrected chi connectivity index (χ0v) is 14.3. The third kappa shape index (κ3) is 3.31. The summed E-state index contributed by atoms with van der Waals surface area (Å²) in [5.41, 5.74) is 4.80. The highest BCUT2D eigenvalue weighted by atomic mass is 79.9. The largest absolute Gasteiger partial charge is 0.378 e. The van der Waals surface area contributed by atoms with Gasteiger partial charge in [-0.15, -0.1) is 0 Å². The van der Waals surface area contributed by atoms with Crippen LogP contribution in [0.3, 0.4) is 0 Å². The molecule has 4 heteroatoms. The highest BCUT2D eigenvalue weighted by Gasteiger charge is 2.17. The minimum atomic E-state index is 0.617. The van der Waals surface area contributed by atoms with Crippen LogP contribution in [-0.4, -0.2) is 9.78 Å². The molecule has 0 spiro atoms. The van der Waals surface area contributed by atoms with Crippen molar-refractivity contribution in [1.29, 1.82) is 0 Å². The zero-order valence-electron chi connectivity index (χ0n) is 12.7. The lowest BCUT2D eigenvalue weighted by Crippen LogP contribution is -2.07. The van der Waals surface area contributed by atoms with Gasteiger partial charge in [-0.1, -0.05) is 18.9 Å². The maximum atomic E-state index is 4.72. The summed E-state index contributed by atoms with van der Waals surface area (Å²) in [6.45, 7) is 5.02. The van der Waals surface area contributed by atoms with Gasteiger partial charge in [0.1, 0.15) is 0 Å². The molecular formula is C17H22BrN3. The van der Waals surface area contributed by atoms with Crippen LogP contribution >= 0.6 is 15.9 Å². The van der Waals surface area contributed by atoms with Crippen LogP contribution in [0.2, 0.25) is 0 Å². The van der Waals surface area contributed by atoms with Gasteiger partial charge in [0, 0.05) is 10.7 Å². The number of aryl methyl sites for hydroxylation is 2. The fraction of sp³-hybridized carbons (Fsp3) is 0.471. The molecule has 0 amide bonds. The summed E-state index contributed by atoms with van der Waals surface area (Å²) in [6.07, 6.45) is 7.36. The van der Waals surface area contributed by atoms with E-state index in [2.05, 4.69) is 64.2 Å². The third-order valence-corrected chi connectivity index (χ3v) is 4.87. The van der Waals surface area contributed by atoms with Crippen molar-refractivity contribution in [3.05, 3.63) is 45.7 Å². The highest BCUT2D eigenvalue weighted by molar-refractivity contribution is 9.10. The molecule has 1 saturated carbocycles. The van der Waals surface area contributed by atoms with Crippen LogP contribution in [0.15, 0.2) is 28.9 Å². The molecule has 0 bridgehead atoms. The summed E-state index contributed by atoms with van der Waals surface area (Å²) in [7, 11) is 0. The van der Waals surface area contributed by atoms with Crippen LogP contribution in [0, 0.1) is 13.8 Å². The third-order valence-electron chi connectivity index (χ3n) is 4.24. The summed E-state index contributed by atoms with van der Waals surface area (Å²) in [5, 5.41) is 8.23. The molecule has 0 unspecified atom stereocenters. The number of rotatable bonds is 4. The SMILES string of the molecule is Cc1cc(C)c(NCc2ccn(C3CCCC3)n2)c(Br)c1. The van der Waals surface area contributed by atoms with Crippen molar-refractivity contribution in [2.75, 3.05) is 5.32 Å². The van der Waals surface area contributed by atoms with E-state index in [-0.39, 0.29) is 0 Å². The van der Waals surface area contributed by atoms with Crippen LogP contribution in [0.1, 0.15) is 48.5 Å². The van der Waals surface area contributed by atoms with Gasteiger partial charge in [0.25, 0.3) is 0 Å². The summed E-state index contributed by atoms with van der Waals surface area (Å²) in [6, 6.07) is 7.09. The number of anilines is 1. The van der Waals surface area contributed by atoms with E-state index in [0.29, 0.717) is 6.04 Å². The Bertz CT molecular complexity index is 604. The first-order valence-corrected chi connectivity index (χ1v) is 8.47. The molecule has 1 fully saturated rings. The Morgan fingerprint density at radius 2 is 2.05 bits per heavy atom. The molecule has 2 aromatic rings. The molecule has 112 valence electrons. The number of halogens is 1. The molecule has 21 heavy (non-hydrogen) atoms. The minimum Gasteiger partial charge on any atom is -0.378 e. The van der Waals surface area contributed by atoms with Gasteiger partial charge in [-0.05, 0) is 65.9 Å². The second-order valence-electron chi connectivity index (χ2n) is 6.02. The standard InChI is InChI=1S/C17H22BrN3/c1-12-9-13(2)17(16(18)10-12)19-11-14-7-8-21(20-14)15-5-3-4-6-15/h7-10,15,19H,3-6,11H2,1-2H3. The van der Waals surface area contributed by atoms with E-state index in [1.807, 2.05) is 0 Å². The van der Waals surface area contributed by atoms with Crippen molar-refractivity contribution >= 4 is 21.6 Å². The minimum absolute atomic E-state index is 0.617. The van der Waals surface area contributed by atoms with Crippen LogP contribution in [0.4, 0.5) is 5.69 Å². The number of hydrogen-bond donors (Lipinski definition) is 1. The highest BCUT2D eigenvalue weighted by Crippen LogP contribution is 2.30. The summed E-state index contributed by atoms with van der Waals surface area (Å²) < 4.78 is 3.27. The first kappa shape index (κ1) is 14.6. The molecule has 3 nitrogen and oxygen atoms in total. The smallest absolute Gasteiger partial charge is 0.0815 e. The molecule has 1 aliphatic carbocycles. The second-order valence-corrected chi connectivity index (χ2v) is 6.87. The van der Waals surface area contributed by atoms with Crippen LogP contribution in [0.25, 0.3) is 0 Å². The van der Waals surface area contributed by atoms with Gasteiger partial charge < -0.3 is 5.32 Å². The normalized spacial score (nSPS) is 15.6. The van der Waals surface area contributed by atoms with Gasteiger partial charge in [-0.2, -0.15) is 5.10 Å². The second kappa shape index (κ2) is 6.22. The van der Waals surface area contributed by atoms with Crippen molar-refractivity contribution in [3.8, 4) is 0 Å². The van der Waals surface area contributed by atoms with E-state index in [0.717, 1.165) is 22.4 Å². The fourth-order valence-corrected chi connectivity index (χ4v) is 3.98. The molecule has 1 heterocycles. The molecule has 1 aromatic heterocycles. The van der Waals surface area contributed by atoms with Gasteiger partial charge in [0.05, 0.1) is 24.0 Å². The summed E-state index contributed by atoms with van der Waals surface area (Å²) in [4.78, 5) is 0. The first-order valence-electron chi connectivity index (χ1n) is 7.68. The van der Waals surface area contributed by atoms with Crippen molar-refractivity contribution in [2.24, 2.45) is 0 Å². The van der Waals surface area contributed by atoms with Crippen molar-refractivity contribution < 1.29 is 0 Å². The predicted octanol–water partition coefficient (Wildman–Crippen LogP) is 4.99. The molecule has 0 aliphatic heterocycles. The average Bonchev–Trinajstić information content (AvgIpc) is 3.08. The molecule has 0 saturated heterocycles. The molecule has 3 rings (SSSR count). The van der Waals surface area contributed by atoms with Crippen LogP contribution < -0.4 is 5.32 Å². The Morgan fingerprint density at radius 3 is 2.76 bits per heavy atom. The van der Waals surface area contributed by atoms with E-state index in [4.69, 9.17) is 5.10 Å². The van der Waals surface area contributed by atoms with Crippen molar-refractivity contribution in [1.82, 2.24) is 9.78 Å². The van der Waals surface area contributed by atoms with Gasteiger partial charge in [-0.25, -0.2) is 0 Å². The van der Waals surface area contributed by atoms with E-state index in [1.54, 1.807) is 0 Å². The van der Waals surface area contributed by atoms with Crippen molar-refractivity contribution in [3.63, 3.8) is 0 Å². The van der Waals surface area contributed by atoms with Gasteiger partial charge in [-0.3, -0.25) is 4.68 Å². The molecule has 1 aromatic carbocycles. The van der Waals surface area contributed by atoms with Crippen LogP contribution in [0.5, 0.6) is 0 Å². The topological polar surface area (TPSA) is 29.9 Å². The lowest BCUT2D eigenvalue weighted by Gasteiger charge is -2.12. The predicted molar refractivity (Wildman–Crippen MR) is 90.7 cm³/mol. The van der Waals surface area contributed by atoms with Crippen molar-refractivity contribution in [2.45, 2.75) is 52.1 Å². The van der Waals surface area contributed by atoms with E-state index < -0.39 is 0 Å². The van der Waals surface area contributed by atoms with Crippen LogP contribution in [-0.2, 0) is 6.54 Å². The maximum Gasteiger partial charge on any atom is 0.0815 e. The molecule has 0 radical (unpaired) electrons. The monoisotopic (exact) mass is 347 g/mol. The maximum absolute atomic E-state index is 4.72. The number of aromatic nitrogens is 2. The fourth-order valence-electron chi connectivity index (χ4n) is 3.16. The molecule has 1 N–H and O–H groups in total. The lowest BCUT2D eigenvalue weighted by atomic mass is 10.1. The summed E-state index contributed by atoms with van der Waals surface area (Å²) in [5.74, 6) is 0.